The topological polar surface area (TPSA) is 91.8 Å². The summed E-state index contributed by atoms with van der Waals surface area (Å²) in [6, 6.07) is 15.0. The van der Waals surface area contributed by atoms with E-state index < -0.39 is 0 Å². The van der Waals surface area contributed by atoms with Gasteiger partial charge in [-0.1, -0.05) is 18.2 Å². The fraction of sp³-hybridized carbons (Fsp3) is 0.158. The van der Waals surface area contributed by atoms with Crippen molar-refractivity contribution in [3.05, 3.63) is 72.2 Å². The minimum Gasteiger partial charge on any atom is -0.367 e. The van der Waals surface area contributed by atoms with Gasteiger partial charge in [0.25, 0.3) is 0 Å². The molecule has 3 N–H and O–H groups in total. The molecule has 0 aliphatic rings. The summed E-state index contributed by atoms with van der Waals surface area (Å²) in [4.78, 5) is 16.0. The number of hydrogen-bond acceptors (Lipinski definition) is 6. The SMILES string of the molecule is O=C(Cc1ccc(F)cc1)NCCNc1ccc(Nc2ccccn2)nn1. The lowest BCUT2D eigenvalue weighted by Gasteiger charge is -2.08. The van der Waals surface area contributed by atoms with Crippen LogP contribution in [0, 0.1) is 5.82 Å². The molecule has 27 heavy (non-hydrogen) atoms. The molecule has 3 rings (SSSR count). The zero-order chi connectivity index (χ0) is 18.9. The van der Waals surface area contributed by atoms with E-state index in [-0.39, 0.29) is 18.1 Å². The molecular formula is C19H19FN6O. The maximum atomic E-state index is 12.8. The van der Waals surface area contributed by atoms with Gasteiger partial charge in [-0.15, -0.1) is 10.2 Å². The molecule has 2 heterocycles. The van der Waals surface area contributed by atoms with Gasteiger partial charge in [-0.2, -0.15) is 0 Å². The van der Waals surface area contributed by atoms with Crippen LogP contribution >= 0.6 is 0 Å². The summed E-state index contributed by atoms with van der Waals surface area (Å²) in [5.74, 6) is 1.45. The van der Waals surface area contributed by atoms with Gasteiger partial charge in [0.2, 0.25) is 5.91 Å². The zero-order valence-corrected chi connectivity index (χ0v) is 14.5. The molecule has 138 valence electrons. The molecule has 0 fully saturated rings. The second-order valence-electron chi connectivity index (χ2n) is 5.72. The fourth-order valence-corrected chi connectivity index (χ4v) is 2.30. The summed E-state index contributed by atoms with van der Waals surface area (Å²) in [7, 11) is 0. The number of carbonyl (C=O) groups is 1. The van der Waals surface area contributed by atoms with Crippen molar-refractivity contribution < 1.29 is 9.18 Å². The van der Waals surface area contributed by atoms with Crippen molar-refractivity contribution in [3.63, 3.8) is 0 Å². The van der Waals surface area contributed by atoms with E-state index in [2.05, 4.69) is 31.1 Å². The Labute approximate surface area is 156 Å². The van der Waals surface area contributed by atoms with E-state index in [0.29, 0.717) is 30.5 Å². The first-order valence-electron chi connectivity index (χ1n) is 8.46. The molecule has 1 amide bonds. The van der Waals surface area contributed by atoms with Gasteiger partial charge in [-0.05, 0) is 42.0 Å². The van der Waals surface area contributed by atoms with Crippen molar-refractivity contribution in [1.82, 2.24) is 20.5 Å². The number of carbonyl (C=O) groups excluding carboxylic acids is 1. The average molecular weight is 366 g/mol. The van der Waals surface area contributed by atoms with Gasteiger partial charge in [0.1, 0.15) is 17.5 Å². The zero-order valence-electron chi connectivity index (χ0n) is 14.5. The average Bonchev–Trinajstić information content (AvgIpc) is 2.69. The first-order valence-corrected chi connectivity index (χ1v) is 8.46. The van der Waals surface area contributed by atoms with Crippen LogP contribution < -0.4 is 16.0 Å². The van der Waals surface area contributed by atoms with Crippen LogP contribution in [0.15, 0.2) is 60.8 Å². The van der Waals surface area contributed by atoms with Gasteiger partial charge in [-0.3, -0.25) is 4.79 Å². The number of hydrogen-bond donors (Lipinski definition) is 3. The van der Waals surface area contributed by atoms with E-state index in [1.807, 2.05) is 18.2 Å². The molecular weight excluding hydrogens is 347 g/mol. The lowest BCUT2D eigenvalue weighted by Crippen LogP contribution is -2.30. The Morgan fingerprint density at radius 3 is 2.37 bits per heavy atom. The van der Waals surface area contributed by atoms with Gasteiger partial charge in [-0.25, -0.2) is 9.37 Å². The molecule has 0 radical (unpaired) electrons. The Kier molecular flexibility index (Phi) is 6.24. The van der Waals surface area contributed by atoms with Gasteiger partial charge in [0, 0.05) is 19.3 Å². The van der Waals surface area contributed by atoms with Crippen LogP contribution in [0.2, 0.25) is 0 Å². The highest BCUT2D eigenvalue weighted by atomic mass is 19.1. The largest absolute Gasteiger partial charge is 0.367 e. The number of aromatic nitrogens is 3. The maximum Gasteiger partial charge on any atom is 0.224 e. The third-order valence-electron chi connectivity index (χ3n) is 3.62. The highest BCUT2D eigenvalue weighted by molar-refractivity contribution is 5.78. The van der Waals surface area contributed by atoms with Crippen molar-refractivity contribution in [2.45, 2.75) is 6.42 Å². The van der Waals surface area contributed by atoms with E-state index in [0.717, 1.165) is 5.56 Å². The molecule has 1 aromatic carbocycles. The molecule has 0 unspecified atom stereocenters. The molecule has 3 aromatic rings. The van der Waals surface area contributed by atoms with E-state index >= 15 is 0 Å². The Balaban J connectivity index is 1.37. The molecule has 7 nitrogen and oxygen atoms in total. The number of nitrogens with zero attached hydrogens (tertiary/aromatic N) is 3. The molecule has 0 aliphatic heterocycles. The Bertz CT molecular complexity index is 856. The van der Waals surface area contributed by atoms with Crippen LogP contribution in [0.4, 0.5) is 21.8 Å². The summed E-state index contributed by atoms with van der Waals surface area (Å²) in [5, 5.41) is 17.1. The minimum atomic E-state index is -0.314. The molecule has 8 heteroatoms. The van der Waals surface area contributed by atoms with Crippen LogP contribution in [0.3, 0.4) is 0 Å². The van der Waals surface area contributed by atoms with Crippen LogP contribution in [0.25, 0.3) is 0 Å². The van der Waals surface area contributed by atoms with Crippen LogP contribution in [0.5, 0.6) is 0 Å². The van der Waals surface area contributed by atoms with Crippen molar-refractivity contribution in [3.8, 4) is 0 Å². The third-order valence-corrected chi connectivity index (χ3v) is 3.62. The Hall–Kier alpha value is -3.55. The van der Waals surface area contributed by atoms with E-state index in [1.165, 1.54) is 12.1 Å². The standard InChI is InChI=1S/C19H19FN6O/c20-15-6-4-14(5-7-15)13-19(27)23-12-11-22-17-8-9-18(26-25-17)24-16-3-1-2-10-21-16/h1-10H,11-13H2,(H,22,25)(H,23,27)(H,21,24,26). The second kappa shape index (κ2) is 9.23. The molecule has 2 aromatic heterocycles. The quantitative estimate of drug-likeness (QED) is 0.531. The Morgan fingerprint density at radius 2 is 1.67 bits per heavy atom. The number of amides is 1. The van der Waals surface area contributed by atoms with Gasteiger partial charge >= 0.3 is 0 Å². The molecule has 0 atom stereocenters. The van der Waals surface area contributed by atoms with Crippen molar-refractivity contribution >= 4 is 23.4 Å². The number of nitrogens with one attached hydrogen (secondary N) is 3. The molecule has 0 saturated carbocycles. The van der Waals surface area contributed by atoms with Crippen LogP contribution in [0.1, 0.15) is 5.56 Å². The summed E-state index contributed by atoms with van der Waals surface area (Å²) in [6.45, 7) is 0.951. The van der Waals surface area contributed by atoms with E-state index in [9.17, 15) is 9.18 Å². The smallest absolute Gasteiger partial charge is 0.224 e. The second-order valence-corrected chi connectivity index (χ2v) is 5.72. The highest BCUT2D eigenvalue weighted by Gasteiger charge is 2.03. The summed E-state index contributed by atoms with van der Waals surface area (Å²) >= 11 is 0. The fourth-order valence-electron chi connectivity index (χ4n) is 2.30. The number of anilines is 3. The molecule has 0 spiro atoms. The van der Waals surface area contributed by atoms with Gasteiger partial charge in [0.15, 0.2) is 5.82 Å². The third kappa shape index (κ3) is 6.03. The number of rotatable bonds is 8. The first-order chi connectivity index (χ1) is 13.2. The highest BCUT2D eigenvalue weighted by Crippen LogP contribution is 2.11. The summed E-state index contributed by atoms with van der Waals surface area (Å²) in [5.41, 5.74) is 0.767. The molecule has 0 bridgehead atoms. The van der Waals surface area contributed by atoms with Crippen molar-refractivity contribution in [2.24, 2.45) is 0 Å². The monoisotopic (exact) mass is 366 g/mol. The maximum absolute atomic E-state index is 12.8. The Morgan fingerprint density at radius 1 is 0.889 bits per heavy atom. The first kappa shape index (κ1) is 18.2. The van der Waals surface area contributed by atoms with Crippen molar-refractivity contribution in [2.75, 3.05) is 23.7 Å². The van der Waals surface area contributed by atoms with E-state index in [1.54, 1.807) is 30.5 Å². The lowest BCUT2D eigenvalue weighted by molar-refractivity contribution is -0.120. The lowest BCUT2D eigenvalue weighted by atomic mass is 10.1. The minimum absolute atomic E-state index is 0.121. The predicted octanol–water partition coefficient (Wildman–Crippen LogP) is 2.53. The molecule has 0 saturated heterocycles. The predicted molar refractivity (Wildman–Crippen MR) is 101 cm³/mol. The van der Waals surface area contributed by atoms with Crippen molar-refractivity contribution in [1.29, 1.82) is 0 Å². The number of pyridine rings is 1. The number of benzene rings is 1. The number of halogens is 1. The summed E-state index contributed by atoms with van der Waals surface area (Å²) < 4.78 is 12.8. The van der Waals surface area contributed by atoms with Gasteiger partial charge in [0.05, 0.1) is 6.42 Å². The van der Waals surface area contributed by atoms with E-state index in [4.69, 9.17) is 0 Å². The summed E-state index contributed by atoms with van der Waals surface area (Å²) in [6.07, 6.45) is 1.91. The van der Waals surface area contributed by atoms with Gasteiger partial charge < -0.3 is 16.0 Å². The molecule has 0 aliphatic carbocycles. The van der Waals surface area contributed by atoms with Crippen LogP contribution in [-0.2, 0) is 11.2 Å². The van der Waals surface area contributed by atoms with Crippen LogP contribution in [-0.4, -0.2) is 34.2 Å². The normalized spacial score (nSPS) is 10.3.